The van der Waals surface area contributed by atoms with Gasteiger partial charge in [0.15, 0.2) is 6.61 Å². The largest absolute Gasteiger partial charge is 0.451 e. The number of nitrogen functional groups attached to an aromatic ring is 1. The molecule has 0 aliphatic heterocycles. The summed E-state index contributed by atoms with van der Waals surface area (Å²) in [5.41, 5.74) is 9.02. The van der Waals surface area contributed by atoms with Gasteiger partial charge in [0, 0.05) is 23.8 Å². The number of carbonyl (C=O) groups is 2. The number of amides is 1. The van der Waals surface area contributed by atoms with Gasteiger partial charge in [-0.1, -0.05) is 18.2 Å². The van der Waals surface area contributed by atoms with E-state index < -0.39 is 5.97 Å². The Bertz CT molecular complexity index is 983. The van der Waals surface area contributed by atoms with Crippen LogP contribution in [0.1, 0.15) is 20.9 Å². The molecule has 3 aromatic rings. The highest BCUT2D eigenvalue weighted by Crippen LogP contribution is 2.35. The van der Waals surface area contributed by atoms with E-state index in [1.807, 2.05) is 38.1 Å². The standard InChI is InChI=1S/C19H19N3O3S/c1-11-9-12(2)21-18-15(11)16(20)17(26-18)19(24)25-10-14(23)22(3)13-7-5-4-6-8-13/h4-9H,10,20H2,1-3H3. The lowest BCUT2D eigenvalue weighted by molar-refractivity contribution is -0.121. The Labute approximate surface area is 155 Å². The van der Waals surface area contributed by atoms with E-state index in [9.17, 15) is 9.59 Å². The quantitative estimate of drug-likeness (QED) is 0.713. The molecule has 0 bridgehead atoms. The molecule has 2 N–H and O–H groups in total. The number of esters is 1. The lowest BCUT2D eigenvalue weighted by atomic mass is 10.1. The molecule has 0 fully saturated rings. The number of carbonyl (C=O) groups excluding carboxylic acids is 2. The molecule has 0 radical (unpaired) electrons. The van der Waals surface area contributed by atoms with Crippen molar-refractivity contribution in [2.45, 2.75) is 13.8 Å². The minimum atomic E-state index is -0.614. The summed E-state index contributed by atoms with van der Waals surface area (Å²) in [5.74, 6) is -0.938. The van der Waals surface area contributed by atoms with Crippen LogP contribution < -0.4 is 10.6 Å². The second-order valence-corrected chi connectivity index (χ2v) is 6.97. The number of para-hydroxylation sites is 1. The predicted octanol–water partition coefficient (Wildman–Crippen LogP) is 3.32. The van der Waals surface area contributed by atoms with Crippen LogP contribution in [-0.2, 0) is 9.53 Å². The Hall–Kier alpha value is -2.93. The number of fused-ring (bicyclic) bond motifs is 1. The van der Waals surface area contributed by atoms with E-state index in [-0.39, 0.29) is 17.4 Å². The number of ether oxygens (including phenoxy) is 1. The lowest BCUT2D eigenvalue weighted by Crippen LogP contribution is -2.31. The number of thiophene rings is 1. The zero-order valence-electron chi connectivity index (χ0n) is 14.8. The predicted molar refractivity (Wildman–Crippen MR) is 104 cm³/mol. The summed E-state index contributed by atoms with van der Waals surface area (Å²) >= 11 is 1.18. The summed E-state index contributed by atoms with van der Waals surface area (Å²) in [7, 11) is 1.63. The molecular weight excluding hydrogens is 350 g/mol. The molecule has 26 heavy (non-hydrogen) atoms. The van der Waals surface area contributed by atoms with Gasteiger partial charge in [-0.2, -0.15) is 0 Å². The maximum Gasteiger partial charge on any atom is 0.351 e. The van der Waals surface area contributed by atoms with Crippen LogP contribution in [0.3, 0.4) is 0 Å². The number of anilines is 2. The van der Waals surface area contributed by atoms with Gasteiger partial charge in [0.25, 0.3) is 5.91 Å². The molecule has 2 aromatic heterocycles. The fourth-order valence-electron chi connectivity index (χ4n) is 2.71. The van der Waals surface area contributed by atoms with Gasteiger partial charge in [0.2, 0.25) is 0 Å². The van der Waals surface area contributed by atoms with Crippen molar-refractivity contribution in [2.75, 3.05) is 24.3 Å². The second-order valence-electron chi connectivity index (χ2n) is 5.97. The van der Waals surface area contributed by atoms with Crippen molar-refractivity contribution >= 4 is 44.8 Å². The Morgan fingerprint density at radius 1 is 1.23 bits per heavy atom. The molecule has 0 aliphatic carbocycles. The van der Waals surface area contributed by atoms with Crippen molar-refractivity contribution in [1.82, 2.24) is 4.98 Å². The highest BCUT2D eigenvalue weighted by atomic mass is 32.1. The van der Waals surface area contributed by atoms with Crippen LogP contribution in [0, 0.1) is 13.8 Å². The normalized spacial score (nSPS) is 10.7. The molecule has 134 valence electrons. The lowest BCUT2D eigenvalue weighted by Gasteiger charge is -2.16. The van der Waals surface area contributed by atoms with Crippen molar-refractivity contribution in [2.24, 2.45) is 0 Å². The van der Waals surface area contributed by atoms with E-state index in [0.29, 0.717) is 10.5 Å². The molecule has 2 heterocycles. The first kappa shape index (κ1) is 17.9. The fraction of sp³-hybridized carbons (Fsp3) is 0.211. The van der Waals surface area contributed by atoms with Crippen LogP contribution in [0.5, 0.6) is 0 Å². The molecule has 0 unspecified atom stereocenters. The van der Waals surface area contributed by atoms with Crippen LogP contribution in [0.25, 0.3) is 10.2 Å². The second kappa shape index (κ2) is 7.13. The first-order chi connectivity index (χ1) is 12.4. The Morgan fingerprint density at radius 3 is 2.62 bits per heavy atom. The molecule has 0 atom stereocenters. The van der Waals surface area contributed by atoms with Crippen molar-refractivity contribution in [3.05, 3.63) is 52.5 Å². The number of rotatable bonds is 4. The Morgan fingerprint density at radius 2 is 1.92 bits per heavy atom. The molecule has 3 rings (SSSR count). The van der Waals surface area contributed by atoms with Crippen LogP contribution in [-0.4, -0.2) is 30.5 Å². The fourth-order valence-corrected chi connectivity index (χ4v) is 3.82. The molecule has 1 aromatic carbocycles. The van der Waals surface area contributed by atoms with Gasteiger partial charge < -0.3 is 15.4 Å². The molecule has 0 aliphatic rings. The van der Waals surface area contributed by atoms with E-state index in [2.05, 4.69) is 4.98 Å². The molecular formula is C19H19N3O3S. The maximum atomic E-state index is 12.4. The summed E-state index contributed by atoms with van der Waals surface area (Å²) < 4.78 is 5.19. The summed E-state index contributed by atoms with van der Waals surface area (Å²) in [6.07, 6.45) is 0. The third-order valence-electron chi connectivity index (χ3n) is 4.05. The van der Waals surface area contributed by atoms with Gasteiger partial charge in [-0.3, -0.25) is 4.79 Å². The number of aryl methyl sites for hydroxylation is 2. The van der Waals surface area contributed by atoms with E-state index in [4.69, 9.17) is 10.5 Å². The zero-order chi connectivity index (χ0) is 18.8. The summed E-state index contributed by atoms with van der Waals surface area (Å²) in [6.45, 7) is 3.45. The Kier molecular flexibility index (Phi) is 4.90. The van der Waals surface area contributed by atoms with Crippen LogP contribution >= 0.6 is 11.3 Å². The highest BCUT2D eigenvalue weighted by molar-refractivity contribution is 7.21. The monoisotopic (exact) mass is 369 g/mol. The van der Waals surface area contributed by atoms with E-state index in [1.165, 1.54) is 16.2 Å². The van der Waals surface area contributed by atoms with Crippen molar-refractivity contribution in [3.8, 4) is 0 Å². The molecule has 7 heteroatoms. The number of benzene rings is 1. The first-order valence-electron chi connectivity index (χ1n) is 8.03. The number of hydrogen-bond donors (Lipinski definition) is 1. The van der Waals surface area contributed by atoms with Crippen LogP contribution in [0.15, 0.2) is 36.4 Å². The van der Waals surface area contributed by atoms with Gasteiger partial charge in [0.1, 0.15) is 9.71 Å². The van der Waals surface area contributed by atoms with Crippen LogP contribution in [0.4, 0.5) is 11.4 Å². The number of pyridine rings is 1. The van der Waals surface area contributed by atoms with E-state index >= 15 is 0 Å². The maximum absolute atomic E-state index is 12.4. The number of aromatic nitrogens is 1. The first-order valence-corrected chi connectivity index (χ1v) is 8.85. The van der Waals surface area contributed by atoms with Crippen molar-refractivity contribution in [3.63, 3.8) is 0 Å². The van der Waals surface area contributed by atoms with Gasteiger partial charge in [-0.15, -0.1) is 11.3 Å². The van der Waals surface area contributed by atoms with Crippen molar-refractivity contribution in [1.29, 1.82) is 0 Å². The van der Waals surface area contributed by atoms with Gasteiger partial charge in [-0.05, 0) is 37.6 Å². The third-order valence-corrected chi connectivity index (χ3v) is 5.13. The van der Waals surface area contributed by atoms with Gasteiger partial charge in [-0.25, -0.2) is 9.78 Å². The minimum Gasteiger partial charge on any atom is -0.451 e. The summed E-state index contributed by atoms with van der Waals surface area (Å²) in [5, 5.41) is 0.764. The van der Waals surface area contributed by atoms with E-state index in [1.54, 1.807) is 19.2 Å². The van der Waals surface area contributed by atoms with Crippen molar-refractivity contribution < 1.29 is 14.3 Å². The molecule has 0 saturated carbocycles. The SMILES string of the molecule is Cc1cc(C)c2c(N)c(C(=O)OCC(=O)N(C)c3ccccc3)sc2n1. The highest BCUT2D eigenvalue weighted by Gasteiger charge is 2.21. The third kappa shape index (κ3) is 3.39. The number of nitrogens with two attached hydrogens (primary N) is 1. The van der Waals surface area contributed by atoms with E-state index in [0.717, 1.165) is 22.3 Å². The Balaban J connectivity index is 1.74. The average molecular weight is 369 g/mol. The molecule has 0 saturated heterocycles. The summed E-state index contributed by atoms with van der Waals surface area (Å²) in [4.78, 5) is 31.5. The molecule has 1 amide bonds. The smallest absolute Gasteiger partial charge is 0.351 e. The number of hydrogen-bond acceptors (Lipinski definition) is 6. The summed E-state index contributed by atoms with van der Waals surface area (Å²) in [6, 6.07) is 11.1. The zero-order valence-corrected chi connectivity index (χ0v) is 15.6. The molecule has 0 spiro atoms. The topological polar surface area (TPSA) is 85.5 Å². The average Bonchev–Trinajstić information content (AvgIpc) is 2.96. The van der Waals surface area contributed by atoms with Gasteiger partial charge >= 0.3 is 5.97 Å². The number of nitrogens with zero attached hydrogens (tertiary/aromatic N) is 2. The van der Waals surface area contributed by atoms with Gasteiger partial charge in [0.05, 0.1) is 5.69 Å². The number of likely N-dealkylation sites (N-methyl/N-ethyl adjacent to an activating group) is 1. The van der Waals surface area contributed by atoms with Crippen LogP contribution in [0.2, 0.25) is 0 Å². The molecule has 6 nitrogen and oxygen atoms in total. The minimum absolute atomic E-state index is 0.274.